The molecule has 2 heterocycles. The highest BCUT2D eigenvalue weighted by Crippen LogP contribution is 2.49. The number of aromatic hydroxyl groups is 1. The summed E-state index contributed by atoms with van der Waals surface area (Å²) in [4.78, 5) is 27.8. The Balaban J connectivity index is 2.18. The highest BCUT2D eigenvalue weighted by Gasteiger charge is 2.35. The first kappa shape index (κ1) is 16.9. The number of amides is 1. The number of nitrogens with zero attached hydrogens (tertiary/aromatic N) is 1. The lowest BCUT2D eigenvalue weighted by molar-refractivity contribution is 0.0582. The van der Waals surface area contributed by atoms with Crippen molar-refractivity contribution in [3.8, 4) is 11.5 Å². The summed E-state index contributed by atoms with van der Waals surface area (Å²) in [6, 6.07) is 1.48. The van der Waals surface area contributed by atoms with E-state index < -0.39 is 17.7 Å². The molecule has 1 aromatic heterocycles. The third-order valence-electron chi connectivity index (χ3n) is 4.00. The highest BCUT2D eigenvalue weighted by molar-refractivity contribution is 6.06. The van der Waals surface area contributed by atoms with Gasteiger partial charge >= 0.3 is 12.1 Å². The van der Waals surface area contributed by atoms with Crippen molar-refractivity contribution in [3.63, 3.8) is 0 Å². The van der Waals surface area contributed by atoms with E-state index >= 15 is 0 Å². The molecule has 134 valence electrons. The molecule has 25 heavy (non-hydrogen) atoms. The van der Waals surface area contributed by atoms with E-state index in [9.17, 15) is 19.8 Å². The van der Waals surface area contributed by atoms with Gasteiger partial charge in [-0.3, -0.25) is 4.90 Å². The maximum absolute atomic E-state index is 12.5. The molecule has 1 aliphatic heterocycles. The minimum Gasteiger partial charge on any atom is -0.503 e. The zero-order valence-corrected chi connectivity index (χ0v) is 14.5. The molecule has 0 radical (unpaired) electrons. The van der Waals surface area contributed by atoms with Crippen LogP contribution in [0.4, 0.5) is 10.5 Å². The fourth-order valence-corrected chi connectivity index (χ4v) is 3.06. The third kappa shape index (κ3) is 2.73. The van der Waals surface area contributed by atoms with Crippen molar-refractivity contribution in [2.75, 3.05) is 18.6 Å². The molecule has 8 nitrogen and oxygen atoms in total. The summed E-state index contributed by atoms with van der Waals surface area (Å²) in [6.07, 6.45) is -0.101. The van der Waals surface area contributed by atoms with Crippen LogP contribution in [0.5, 0.6) is 11.5 Å². The SMILES string of the molecule is COc1c(O)c2c(c3cc(C(=O)O)[nH]c13)CCN2C(=O)OC(C)(C)C. The number of methoxy groups -OCH3 is 1. The number of nitrogens with one attached hydrogen (secondary N) is 1. The minimum atomic E-state index is -1.12. The number of H-pyrrole nitrogens is 1. The molecule has 0 saturated heterocycles. The summed E-state index contributed by atoms with van der Waals surface area (Å²) in [5, 5.41) is 20.5. The van der Waals surface area contributed by atoms with Crippen LogP contribution in [-0.2, 0) is 11.2 Å². The van der Waals surface area contributed by atoms with Crippen molar-refractivity contribution in [2.45, 2.75) is 32.8 Å². The summed E-state index contributed by atoms with van der Waals surface area (Å²) < 4.78 is 10.6. The van der Waals surface area contributed by atoms with Crippen LogP contribution in [0.1, 0.15) is 36.8 Å². The van der Waals surface area contributed by atoms with E-state index in [4.69, 9.17) is 9.47 Å². The first-order chi connectivity index (χ1) is 11.6. The van der Waals surface area contributed by atoms with E-state index in [0.29, 0.717) is 35.1 Å². The normalized spacial score (nSPS) is 13.8. The number of benzene rings is 1. The smallest absolute Gasteiger partial charge is 0.414 e. The van der Waals surface area contributed by atoms with Crippen LogP contribution in [-0.4, -0.2) is 46.5 Å². The van der Waals surface area contributed by atoms with Crippen LogP contribution < -0.4 is 9.64 Å². The molecule has 2 aromatic rings. The fourth-order valence-electron chi connectivity index (χ4n) is 3.06. The molecule has 0 bridgehead atoms. The number of aromatic nitrogens is 1. The number of hydrogen-bond donors (Lipinski definition) is 3. The Hall–Kier alpha value is -2.90. The number of carbonyl (C=O) groups excluding carboxylic acids is 1. The molecule has 0 spiro atoms. The van der Waals surface area contributed by atoms with Crippen molar-refractivity contribution < 1.29 is 29.3 Å². The predicted octanol–water partition coefficient (Wildman–Crippen LogP) is 2.88. The van der Waals surface area contributed by atoms with Crippen LogP contribution in [0.15, 0.2) is 6.07 Å². The summed E-state index contributed by atoms with van der Waals surface area (Å²) in [5.41, 5.74) is 0.685. The number of carbonyl (C=O) groups is 2. The van der Waals surface area contributed by atoms with Crippen molar-refractivity contribution in [1.29, 1.82) is 0 Å². The number of aromatic carboxylic acids is 1. The molecule has 0 atom stereocenters. The second-order valence-electron chi connectivity index (χ2n) is 6.87. The van der Waals surface area contributed by atoms with Crippen molar-refractivity contribution >= 4 is 28.7 Å². The lowest BCUT2D eigenvalue weighted by atomic mass is 10.1. The maximum Gasteiger partial charge on any atom is 0.414 e. The van der Waals surface area contributed by atoms with E-state index in [0.717, 1.165) is 0 Å². The number of hydrogen-bond acceptors (Lipinski definition) is 5. The van der Waals surface area contributed by atoms with Gasteiger partial charge in [0.15, 0.2) is 11.5 Å². The van der Waals surface area contributed by atoms with E-state index in [1.807, 2.05) is 0 Å². The number of rotatable bonds is 2. The highest BCUT2D eigenvalue weighted by atomic mass is 16.6. The molecule has 1 aromatic carbocycles. The van der Waals surface area contributed by atoms with E-state index in [2.05, 4.69) is 4.98 Å². The quantitative estimate of drug-likeness (QED) is 0.769. The second kappa shape index (κ2) is 5.58. The van der Waals surface area contributed by atoms with Gasteiger partial charge in [0.2, 0.25) is 0 Å². The minimum absolute atomic E-state index is 0.0168. The average molecular weight is 348 g/mol. The van der Waals surface area contributed by atoms with E-state index in [1.54, 1.807) is 20.8 Å². The van der Waals surface area contributed by atoms with Gasteiger partial charge in [-0.15, -0.1) is 0 Å². The monoisotopic (exact) mass is 348 g/mol. The molecule has 3 rings (SSSR count). The number of phenols is 1. The van der Waals surface area contributed by atoms with Crippen LogP contribution in [0.2, 0.25) is 0 Å². The molecular formula is C17H20N2O6. The Morgan fingerprint density at radius 2 is 2.00 bits per heavy atom. The number of carboxylic acids is 1. The Kier molecular flexibility index (Phi) is 3.78. The molecule has 1 amide bonds. The summed E-state index contributed by atoms with van der Waals surface area (Å²) in [6.45, 7) is 5.61. The molecule has 0 saturated carbocycles. The molecular weight excluding hydrogens is 328 g/mol. The van der Waals surface area contributed by atoms with Gasteiger partial charge in [-0.05, 0) is 38.8 Å². The van der Waals surface area contributed by atoms with Crippen LogP contribution >= 0.6 is 0 Å². The number of carboxylic acid groups (broad SMARTS) is 1. The molecule has 0 fully saturated rings. The first-order valence-corrected chi connectivity index (χ1v) is 7.82. The third-order valence-corrected chi connectivity index (χ3v) is 4.00. The van der Waals surface area contributed by atoms with E-state index in [1.165, 1.54) is 18.1 Å². The molecule has 8 heteroatoms. The Morgan fingerprint density at radius 3 is 2.56 bits per heavy atom. The Bertz CT molecular complexity index is 878. The van der Waals surface area contributed by atoms with Gasteiger partial charge in [0.05, 0.1) is 18.3 Å². The number of phenolic OH excluding ortho intramolecular Hbond substituents is 1. The topological polar surface area (TPSA) is 112 Å². The van der Waals surface area contributed by atoms with Gasteiger partial charge in [-0.1, -0.05) is 0 Å². The summed E-state index contributed by atoms with van der Waals surface area (Å²) in [5.74, 6) is -1.24. The molecule has 0 unspecified atom stereocenters. The van der Waals surface area contributed by atoms with Crippen molar-refractivity contribution in [2.24, 2.45) is 0 Å². The lowest BCUT2D eigenvalue weighted by Crippen LogP contribution is -2.35. The van der Waals surface area contributed by atoms with Crippen LogP contribution in [0.3, 0.4) is 0 Å². The largest absolute Gasteiger partial charge is 0.503 e. The maximum atomic E-state index is 12.5. The zero-order chi connectivity index (χ0) is 18.5. The van der Waals surface area contributed by atoms with Gasteiger partial charge in [-0.2, -0.15) is 0 Å². The number of fused-ring (bicyclic) bond motifs is 3. The first-order valence-electron chi connectivity index (χ1n) is 7.82. The Morgan fingerprint density at radius 1 is 1.32 bits per heavy atom. The zero-order valence-electron chi connectivity index (χ0n) is 14.5. The van der Waals surface area contributed by atoms with Gasteiger partial charge < -0.3 is 24.7 Å². The summed E-state index contributed by atoms with van der Waals surface area (Å²) in [7, 11) is 1.37. The number of ether oxygens (including phenoxy) is 2. The summed E-state index contributed by atoms with van der Waals surface area (Å²) >= 11 is 0. The van der Waals surface area contributed by atoms with Gasteiger partial charge in [0.1, 0.15) is 11.3 Å². The van der Waals surface area contributed by atoms with Crippen LogP contribution in [0, 0.1) is 0 Å². The molecule has 1 aliphatic rings. The van der Waals surface area contributed by atoms with Crippen molar-refractivity contribution in [1.82, 2.24) is 4.98 Å². The molecule has 0 aliphatic carbocycles. The second-order valence-corrected chi connectivity index (χ2v) is 6.87. The van der Waals surface area contributed by atoms with Gasteiger partial charge in [-0.25, -0.2) is 9.59 Å². The van der Waals surface area contributed by atoms with Crippen LogP contribution in [0.25, 0.3) is 10.9 Å². The fraction of sp³-hybridized carbons (Fsp3) is 0.412. The van der Waals surface area contributed by atoms with Gasteiger partial charge in [0, 0.05) is 11.9 Å². The average Bonchev–Trinajstić information content (AvgIpc) is 3.09. The number of aromatic amines is 1. The predicted molar refractivity (Wildman–Crippen MR) is 90.8 cm³/mol. The number of anilines is 1. The molecule has 3 N–H and O–H groups in total. The lowest BCUT2D eigenvalue weighted by Gasteiger charge is -2.25. The van der Waals surface area contributed by atoms with E-state index in [-0.39, 0.29) is 17.2 Å². The standard InChI is InChI=1S/C17H20N2O6/c1-17(2,3)25-16(23)19-6-5-8-9-7-10(15(21)22)18-11(9)14(24-4)13(20)12(8)19/h7,18,20H,5-6H2,1-4H3,(H,21,22). The van der Waals surface area contributed by atoms with Crippen molar-refractivity contribution in [3.05, 3.63) is 17.3 Å². The van der Waals surface area contributed by atoms with Gasteiger partial charge in [0.25, 0.3) is 0 Å². The Labute approximate surface area is 143 Å².